The molecule has 1 N–H and O–H groups in total. The first-order chi connectivity index (χ1) is 8.97. The van der Waals surface area contributed by atoms with Crippen LogP contribution in [-0.2, 0) is 4.79 Å². The molecule has 0 bridgehead atoms. The van der Waals surface area contributed by atoms with Crippen LogP contribution in [0.25, 0.3) is 6.08 Å². The van der Waals surface area contributed by atoms with Gasteiger partial charge < -0.3 is 9.84 Å². The quantitative estimate of drug-likeness (QED) is 0.756. The Hall–Kier alpha value is -1.77. The van der Waals surface area contributed by atoms with Gasteiger partial charge in [0.15, 0.2) is 0 Å². The third kappa shape index (κ3) is 4.78. The monoisotopic (exact) mass is 262 g/mol. The molecule has 0 fully saturated rings. The van der Waals surface area contributed by atoms with E-state index in [0.29, 0.717) is 13.0 Å². The molecule has 0 radical (unpaired) electrons. The summed E-state index contributed by atoms with van der Waals surface area (Å²) in [7, 11) is 0. The zero-order valence-electron chi connectivity index (χ0n) is 11.8. The lowest BCUT2D eigenvalue weighted by molar-refractivity contribution is -0.147. The van der Waals surface area contributed by atoms with E-state index >= 15 is 0 Å². The number of rotatable bonds is 7. The Bertz CT molecular complexity index is 447. The normalized spacial score (nSPS) is 11.7. The maximum absolute atomic E-state index is 11.0. The Labute approximate surface area is 114 Å². The number of ether oxygens (including phenoxy) is 1. The fourth-order valence-electron chi connectivity index (χ4n) is 1.73. The molecule has 0 aliphatic carbocycles. The van der Waals surface area contributed by atoms with Crippen LogP contribution in [0.1, 0.15) is 39.2 Å². The second kappa shape index (κ2) is 6.98. The summed E-state index contributed by atoms with van der Waals surface area (Å²) < 4.78 is 5.72. The summed E-state index contributed by atoms with van der Waals surface area (Å²) in [5.41, 5.74) is 0.356. The smallest absolute Gasteiger partial charge is 0.309 e. The van der Waals surface area contributed by atoms with E-state index in [1.807, 2.05) is 43.3 Å². The van der Waals surface area contributed by atoms with Gasteiger partial charge in [0.1, 0.15) is 5.75 Å². The minimum absolute atomic E-state index is 0.533. The summed E-state index contributed by atoms with van der Waals surface area (Å²) in [6.45, 7) is 5.98. The second-order valence-electron chi connectivity index (χ2n) is 5.18. The zero-order valence-corrected chi connectivity index (χ0v) is 11.8. The molecule has 3 heteroatoms. The van der Waals surface area contributed by atoms with Crippen LogP contribution in [0, 0.1) is 5.41 Å². The van der Waals surface area contributed by atoms with Gasteiger partial charge in [-0.05, 0) is 39.7 Å². The van der Waals surface area contributed by atoms with Gasteiger partial charge in [-0.3, -0.25) is 4.79 Å². The highest BCUT2D eigenvalue weighted by Gasteiger charge is 2.26. The van der Waals surface area contributed by atoms with Crippen LogP contribution >= 0.6 is 0 Å². The summed E-state index contributed by atoms with van der Waals surface area (Å²) in [6.07, 6.45) is 5.30. The molecule has 3 nitrogen and oxygen atoms in total. The van der Waals surface area contributed by atoms with Crippen molar-refractivity contribution >= 4 is 12.0 Å². The number of benzene rings is 1. The highest BCUT2D eigenvalue weighted by molar-refractivity contribution is 5.73. The molecule has 19 heavy (non-hydrogen) atoms. The highest BCUT2D eigenvalue weighted by atomic mass is 16.5. The van der Waals surface area contributed by atoms with Gasteiger partial charge in [-0.1, -0.05) is 30.4 Å². The fourth-order valence-corrected chi connectivity index (χ4v) is 1.73. The molecule has 0 atom stereocenters. The average Bonchev–Trinajstić information content (AvgIpc) is 2.36. The van der Waals surface area contributed by atoms with Crippen molar-refractivity contribution in [2.45, 2.75) is 33.6 Å². The molecule has 0 unspecified atom stereocenters. The molecule has 104 valence electrons. The molecule has 1 rings (SSSR count). The number of carbonyl (C=O) groups is 1. The lowest BCUT2D eigenvalue weighted by Gasteiger charge is -2.18. The Kier molecular flexibility index (Phi) is 5.61. The summed E-state index contributed by atoms with van der Waals surface area (Å²) in [4.78, 5) is 11.0. The second-order valence-corrected chi connectivity index (χ2v) is 5.18. The Morgan fingerprint density at radius 2 is 2.05 bits per heavy atom. The van der Waals surface area contributed by atoms with E-state index in [0.717, 1.165) is 17.7 Å². The molecule has 0 spiro atoms. The number of hydrogen-bond donors (Lipinski definition) is 1. The topological polar surface area (TPSA) is 46.5 Å². The molecule has 1 aromatic carbocycles. The maximum Gasteiger partial charge on any atom is 0.309 e. The van der Waals surface area contributed by atoms with Crippen molar-refractivity contribution in [3.05, 3.63) is 35.9 Å². The van der Waals surface area contributed by atoms with Crippen LogP contribution in [0.5, 0.6) is 5.75 Å². The third-order valence-electron chi connectivity index (χ3n) is 3.05. The Morgan fingerprint density at radius 1 is 1.37 bits per heavy atom. The van der Waals surface area contributed by atoms with E-state index in [1.165, 1.54) is 0 Å². The summed E-state index contributed by atoms with van der Waals surface area (Å²) in [5.74, 6) is 0.0792. The van der Waals surface area contributed by atoms with Gasteiger partial charge in [0, 0.05) is 5.56 Å². The van der Waals surface area contributed by atoms with Crippen LogP contribution in [-0.4, -0.2) is 17.7 Å². The first kappa shape index (κ1) is 15.3. The standard InChI is InChI=1S/C16H22O3/c1-4-8-13-9-5-6-10-14(13)19-12-7-11-16(2,3)15(17)18/h4-6,8-10H,7,11-12H2,1-3H3,(H,17,18). The van der Waals surface area contributed by atoms with Crippen molar-refractivity contribution in [2.75, 3.05) is 6.61 Å². The molecular formula is C16H22O3. The van der Waals surface area contributed by atoms with Crippen LogP contribution in [0.4, 0.5) is 0 Å². The maximum atomic E-state index is 11.0. The van der Waals surface area contributed by atoms with Crippen molar-refractivity contribution in [3.8, 4) is 5.75 Å². The molecule has 0 aliphatic heterocycles. The van der Waals surface area contributed by atoms with E-state index < -0.39 is 11.4 Å². The lowest BCUT2D eigenvalue weighted by atomic mass is 9.88. The highest BCUT2D eigenvalue weighted by Crippen LogP contribution is 2.24. The SMILES string of the molecule is CC=Cc1ccccc1OCCCC(C)(C)C(=O)O. The van der Waals surface area contributed by atoms with Gasteiger partial charge in [-0.2, -0.15) is 0 Å². The van der Waals surface area contributed by atoms with Gasteiger partial charge >= 0.3 is 5.97 Å². The molecular weight excluding hydrogens is 240 g/mol. The summed E-state index contributed by atoms with van der Waals surface area (Å²) >= 11 is 0. The van der Waals surface area contributed by atoms with Gasteiger partial charge in [0.05, 0.1) is 12.0 Å². The predicted molar refractivity (Wildman–Crippen MR) is 77.3 cm³/mol. The number of hydrogen-bond acceptors (Lipinski definition) is 2. The number of para-hydroxylation sites is 1. The van der Waals surface area contributed by atoms with E-state index in [9.17, 15) is 4.79 Å². The molecule has 0 saturated heterocycles. The van der Waals surface area contributed by atoms with Crippen LogP contribution in [0.2, 0.25) is 0 Å². The van der Waals surface area contributed by atoms with Gasteiger partial charge in [0.25, 0.3) is 0 Å². The third-order valence-corrected chi connectivity index (χ3v) is 3.05. The molecule has 0 amide bonds. The molecule has 0 aliphatic rings. The first-order valence-electron chi connectivity index (χ1n) is 6.55. The molecule has 0 aromatic heterocycles. The van der Waals surface area contributed by atoms with Gasteiger partial charge in [0.2, 0.25) is 0 Å². The van der Waals surface area contributed by atoms with Crippen molar-refractivity contribution < 1.29 is 14.6 Å². The summed E-state index contributed by atoms with van der Waals surface area (Å²) in [5, 5.41) is 9.02. The molecule has 0 heterocycles. The van der Waals surface area contributed by atoms with E-state index in [1.54, 1.807) is 13.8 Å². The van der Waals surface area contributed by atoms with Crippen molar-refractivity contribution in [1.29, 1.82) is 0 Å². The number of allylic oxidation sites excluding steroid dienone is 1. The van der Waals surface area contributed by atoms with Crippen molar-refractivity contribution in [3.63, 3.8) is 0 Å². The van der Waals surface area contributed by atoms with E-state index in [-0.39, 0.29) is 0 Å². The fraction of sp³-hybridized carbons (Fsp3) is 0.438. The zero-order chi connectivity index (χ0) is 14.3. The minimum atomic E-state index is -0.762. The summed E-state index contributed by atoms with van der Waals surface area (Å²) in [6, 6.07) is 7.83. The number of carboxylic acid groups (broad SMARTS) is 1. The van der Waals surface area contributed by atoms with Crippen molar-refractivity contribution in [1.82, 2.24) is 0 Å². The van der Waals surface area contributed by atoms with Crippen LogP contribution in [0.3, 0.4) is 0 Å². The number of aliphatic carboxylic acids is 1. The average molecular weight is 262 g/mol. The van der Waals surface area contributed by atoms with Crippen LogP contribution in [0.15, 0.2) is 30.3 Å². The van der Waals surface area contributed by atoms with E-state index in [4.69, 9.17) is 9.84 Å². The predicted octanol–water partition coefficient (Wildman–Crippen LogP) is 3.99. The lowest BCUT2D eigenvalue weighted by Crippen LogP contribution is -2.24. The first-order valence-corrected chi connectivity index (χ1v) is 6.55. The Morgan fingerprint density at radius 3 is 2.68 bits per heavy atom. The minimum Gasteiger partial charge on any atom is -0.493 e. The largest absolute Gasteiger partial charge is 0.493 e. The van der Waals surface area contributed by atoms with E-state index in [2.05, 4.69) is 0 Å². The van der Waals surface area contributed by atoms with Crippen LogP contribution < -0.4 is 4.74 Å². The molecule has 0 saturated carbocycles. The van der Waals surface area contributed by atoms with Gasteiger partial charge in [-0.15, -0.1) is 0 Å². The molecule has 1 aromatic rings. The Balaban J connectivity index is 2.48. The van der Waals surface area contributed by atoms with Gasteiger partial charge in [-0.25, -0.2) is 0 Å². The number of carboxylic acids is 1. The van der Waals surface area contributed by atoms with Crippen molar-refractivity contribution in [2.24, 2.45) is 5.41 Å².